The average Bonchev–Trinajstić information content (AvgIpc) is 2.37. The Morgan fingerprint density at radius 3 is 2.81 bits per heavy atom. The van der Waals surface area contributed by atoms with E-state index in [-0.39, 0.29) is 16.6 Å². The highest BCUT2D eigenvalue weighted by Crippen LogP contribution is 2.33. The molecule has 0 radical (unpaired) electrons. The van der Waals surface area contributed by atoms with E-state index in [9.17, 15) is 14.9 Å². The summed E-state index contributed by atoms with van der Waals surface area (Å²) in [6.45, 7) is 0. The maximum atomic E-state index is 11.3. The third kappa shape index (κ3) is 1.99. The van der Waals surface area contributed by atoms with Gasteiger partial charge in [-0.25, -0.2) is 0 Å². The fourth-order valence-corrected chi connectivity index (χ4v) is 1.97. The number of fused-ring (bicyclic) bond motifs is 1. The number of rotatable bonds is 1. The van der Waals surface area contributed by atoms with Crippen LogP contribution in [0.2, 0.25) is 5.02 Å². The number of anilines is 1. The van der Waals surface area contributed by atoms with E-state index in [0.717, 1.165) is 12.0 Å². The van der Waals surface area contributed by atoms with Gasteiger partial charge in [0.05, 0.1) is 10.6 Å². The van der Waals surface area contributed by atoms with Crippen LogP contribution < -0.4 is 5.32 Å². The fraction of sp³-hybridized carbons (Fsp3) is 0.300. The molecule has 84 valence electrons. The van der Waals surface area contributed by atoms with Gasteiger partial charge in [-0.2, -0.15) is 0 Å². The lowest BCUT2D eigenvalue weighted by Gasteiger charge is -2.07. The predicted octanol–water partition coefficient (Wildman–Crippen LogP) is 2.52. The normalized spacial score (nSPS) is 14.9. The first kappa shape index (κ1) is 10.9. The summed E-state index contributed by atoms with van der Waals surface area (Å²) < 4.78 is 0. The quantitative estimate of drug-likeness (QED) is 0.606. The van der Waals surface area contributed by atoms with E-state index >= 15 is 0 Å². The van der Waals surface area contributed by atoms with Crippen LogP contribution in [0.25, 0.3) is 0 Å². The van der Waals surface area contributed by atoms with Crippen molar-refractivity contribution in [1.29, 1.82) is 0 Å². The number of hydrogen-bond donors (Lipinski definition) is 1. The molecule has 0 bridgehead atoms. The first-order valence-electron chi connectivity index (χ1n) is 4.84. The number of benzene rings is 1. The van der Waals surface area contributed by atoms with Crippen molar-refractivity contribution in [2.45, 2.75) is 19.3 Å². The Morgan fingerprint density at radius 2 is 2.12 bits per heavy atom. The molecule has 1 amide bonds. The molecule has 0 aliphatic carbocycles. The largest absolute Gasteiger partial charge is 0.326 e. The summed E-state index contributed by atoms with van der Waals surface area (Å²) >= 11 is 5.79. The van der Waals surface area contributed by atoms with Crippen LogP contribution in [0, 0.1) is 10.1 Å². The lowest BCUT2D eigenvalue weighted by molar-refractivity contribution is -0.384. The Balaban J connectivity index is 2.50. The summed E-state index contributed by atoms with van der Waals surface area (Å²) in [6.07, 6.45) is 1.86. The molecule has 1 aromatic carbocycles. The summed E-state index contributed by atoms with van der Waals surface area (Å²) in [6, 6.07) is 2.88. The fourth-order valence-electron chi connectivity index (χ4n) is 1.72. The SMILES string of the molecule is O=C1CCCc2cc(Cl)c([N+](=O)[O-])cc2N1. The minimum Gasteiger partial charge on any atom is -0.326 e. The van der Waals surface area contributed by atoms with Gasteiger partial charge in [0.2, 0.25) is 5.91 Å². The van der Waals surface area contributed by atoms with Gasteiger partial charge in [-0.3, -0.25) is 14.9 Å². The second-order valence-electron chi connectivity index (χ2n) is 3.62. The number of nitrogens with zero attached hydrogens (tertiary/aromatic N) is 1. The highest BCUT2D eigenvalue weighted by Gasteiger charge is 2.20. The first-order valence-corrected chi connectivity index (χ1v) is 5.22. The van der Waals surface area contributed by atoms with Crippen LogP contribution in [-0.4, -0.2) is 10.8 Å². The van der Waals surface area contributed by atoms with Crippen molar-refractivity contribution in [2.75, 3.05) is 5.32 Å². The molecule has 1 aromatic rings. The highest BCUT2D eigenvalue weighted by atomic mass is 35.5. The summed E-state index contributed by atoms with van der Waals surface area (Å²) in [5.74, 6) is -0.115. The van der Waals surface area contributed by atoms with Crippen LogP contribution in [0.4, 0.5) is 11.4 Å². The molecule has 5 nitrogen and oxygen atoms in total. The van der Waals surface area contributed by atoms with Crippen molar-refractivity contribution in [3.8, 4) is 0 Å². The van der Waals surface area contributed by atoms with Crippen molar-refractivity contribution in [3.63, 3.8) is 0 Å². The second kappa shape index (κ2) is 4.09. The summed E-state index contributed by atoms with van der Waals surface area (Å²) in [4.78, 5) is 21.4. The van der Waals surface area contributed by atoms with Gasteiger partial charge in [-0.1, -0.05) is 11.6 Å². The number of halogens is 1. The number of aryl methyl sites for hydroxylation is 1. The molecule has 0 saturated carbocycles. The zero-order valence-corrected chi connectivity index (χ0v) is 9.08. The number of nitrogens with one attached hydrogen (secondary N) is 1. The number of amides is 1. The zero-order valence-electron chi connectivity index (χ0n) is 8.33. The average molecular weight is 241 g/mol. The molecule has 1 heterocycles. The molecular formula is C10H9ClN2O3. The molecule has 0 spiro atoms. The minimum absolute atomic E-state index is 0.111. The van der Waals surface area contributed by atoms with Gasteiger partial charge in [-0.05, 0) is 24.5 Å². The van der Waals surface area contributed by atoms with E-state index in [1.165, 1.54) is 6.07 Å². The Labute approximate surface area is 96.6 Å². The number of carbonyl (C=O) groups excluding carboxylic acids is 1. The Morgan fingerprint density at radius 1 is 1.38 bits per heavy atom. The molecule has 0 unspecified atom stereocenters. The number of nitro groups is 1. The van der Waals surface area contributed by atoms with Crippen molar-refractivity contribution in [1.82, 2.24) is 0 Å². The standard InChI is InChI=1S/C10H9ClN2O3/c11-7-4-6-2-1-3-10(14)12-8(6)5-9(7)13(15)16/h4-5H,1-3H2,(H,12,14). The van der Waals surface area contributed by atoms with Crippen LogP contribution in [0.15, 0.2) is 12.1 Å². The summed E-state index contributed by atoms with van der Waals surface area (Å²) in [7, 11) is 0. The van der Waals surface area contributed by atoms with E-state index in [1.807, 2.05) is 0 Å². The van der Waals surface area contributed by atoms with E-state index in [0.29, 0.717) is 18.5 Å². The van der Waals surface area contributed by atoms with Gasteiger partial charge in [0.15, 0.2) is 0 Å². The Kier molecular flexibility index (Phi) is 2.78. The molecule has 0 saturated heterocycles. The predicted molar refractivity (Wildman–Crippen MR) is 59.7 cm³/mol. The molecule has 1 aliphatic rings. The van der Waals surface area contributed by atoms with E-state index in [1.54, 1.807) is 6.07 Å². The van der Waals surface area contributed by atoms with Gasteiger partial charge in [0.1, 0.15) is 5.02 Å². The van der Waals surface area contributed by atoms with Crippen molar-refractivity contribution in [3.05, 3.63) is 32.8 Å². The smallest absolute Gasteiger partial charge is 0.289 e. The molecule has 1 N–H and O–H groups in total. The van der Waals surface area contributed by atoms with Crippen LogP contribution in [0.5, 0.6) is 0 Å². The molecule has 0 atom stereocenters. The summed E-state index contributed by atoms with van der Waals surface area (Å²) in [5, 5.41) is 13.4. The second-order valence-corrected chi connectivity index (χ2v) is 4.03. The lowest BCUT2D eigenvalue weighted by Crippen LogP contribution is -2.09. The highest BCUT2D eigenvalue weighted by molar-refractivity contribution is 6.32. The van der Waals surface area contributed by atoms with Crippen molar-refractivity contribution < 1.29 is 9.72 Å². The zero-order chi connectivity index (χ0) is 11.7. The third-order valence-electron chi connectivity index (χ3n) is 2.49. The molecule has 16 heavy (non-hydrogen) atoms. The van der Waals surface area contributed by atoms with Gasteiger partial charge in [-0.15, -0.1) is 0 Å². The number of hydrogen-bond acceptors (Lipinski definition) is 3. The molecule has 0 aromatic heterocycles. The molecule has 2 rings (SSSR count). The van der Waals surface area contributed by atoms with E-state index in [2.05, 4.69) is 5.32 Å². The number of nitro benzene ring substituents is 1. The summed E-state index contributed by atoms with van der Waals surface area (Å²) in [5.41, 5.74) is 1.17. The first-order chi connectivity index (χ1) is 7.58. The van der Waals surface area contributed by atoms with Crippen LogP contribution in [0.3, 0.4) is 0 Å². The van der Waals surface area contributed by atoms with Gasteiger partial charge < -0.3 is 5.32 Å². The number of carbonyl (C=O) groups is 1. The van der Waals surface area contributed by atoms with Crippen LogP contribution in [-0.2, 0) is 11.2 Å². The topological polar surface area (TPSA) is 72.2 Å². The van der Waals surface area contributed by atoms with E-state index < -0.39 is 4.92 Å². The van der Waals surface area contributed by atoms with Crippen LogP contribution in [0.1, 0.15) is 18.4 Å². The minimum atomic E-state index is -0.556. The Hall–Kier alpha value is -1.62. The van der Waals surface area contributed by atoms with Crippen LogP contribution >= 0.6 is 11.6 Å². The van der Waals surface area contributed by atoms with Gasteiger partial charge in [0, 0.05) is 12.5 Å². The van der Waals surface area contributed by atoms with E-state index in [4.69, 9.17) is 11.6 Å². The molecule has 6 heteroatoms. The van der Waals surface area contributed by atoms with Gasteiger partial charge in [0.25, 0.3) is 5.69 Å². The van der Waals surface area contributed by atoms with Crippen molar-refractivity contribution >= 4 is 28.9 Å². The maximum Gasteiger partial charge on any atom is 0.289 e. The maximum absolute atomic E-state index is 11.3. The third-order valence-corrected chi connectivity index (χ3v) is 2.80. The molecular weight excluding hydrogens is 232 g/mol. The lowest BCUT2D eigenvalue weighted by atomic mass is 10.1. The molecule has 0 fully saturated rings. The monoisotopic (exact) mass is 240 g/mol. The van der Waals surface area contributed by atoms with Crippen molar-refractivity contribution in [2.24, 2.45) is 0 Å². The molecule has 1 aliphatic heterocycles. The Bertz CT molecular complexity index is 473. The van der Waals surface area contributed by atoms with Gasteiger partial charge >= 0.3 is 0 Å².